The molecule has 1 aromatic carbocycles. The quantitative estimate of drug-likeness (QED) is 0.491. The molecule has 1 aromatic rings. The van der Waals surface area contributed by atoms with Crippen LogP contribution in [0, 0.1) is 29.1 Å². The van der Waals surface area contributed by atoms with Gasteiger partial charge in [0, 0.05) is 6.04 Å². The van der Waals surface area contributed by atoms with Crippen molar-refractivity contribution in [3.05, 3.63) is 40.7 Å². The molecule has 0 saturated heterocycles. The summed E-state index contributed by atoms with van der Waals surface area (Å²) >= 11 is 0. The van der Waals surface area contributed by atoms with Crippen molar-refractivity contribution in [3.8, 4) is 0 Å². The first-order valence-electron chi connectivity index (χ1n) is 5.83. The van der Waals surface area contributed by atoms with Gasteiger partial charge in [-0.25, -0.2) is 22.0 Å². The SMILES string of the molecule is CCCNC(C)/C=C/c1c(F)c(F)c(F)c(F)c1F. The van der Waals surface area contributed by atoms with Crippen molar-refractivity contribution < 1.29 is 22.0 Å². The van der Waals surface area contributed by atoms with Crippen molar-refractivity contribution in [2.75, 3.05) is 6.54 Å². The van der Waals surface area contributed by atoms with E-state index in [-0.39, 0.29) is 6.04 Å². The lowest BCUT2D eigenvalue weighted by Crippen LogP contribution is -2.24. The Morgan fingerprint density at radius 1 is 0.947 bits per heavy atom. The molecule has 1 atom stereocenters. The third-order valence-corrected chi connectivity index (χ3v) is 2.51. The fourth-order valence-corrected chi connectivity index (χ4v) is 1.45. The third kappa shape index (κ3) is 3.53. The summed E-state index contributed by atoms with van der Waals surface area (Å²) in [7, 11) is 0. The topological polar surface area (TPSA) is 12.0 Å². The maximum absolute atomic E-state index is 13.3. The fraction of sp³-hybridized carbons (Fsp3) is 0.385. The van der Waals surface area contributed by atoms with Crippen LogP contribution in [0.2, 0.25) is 0 Å². The van der Waals surface area contributed by atoms with Crippen molar-refractivity contribution in [1.29, 1.82) is 0 Å². The van der Waals surface area contributed by atoms with Crippen LogP contribution in [0.5, 0.6) is 0 Å². The van der Waals surface area contributed by atoms with Crippen LogP contribution >= 0.6 is 0 Å². The van der Waals surface area contributed by atoms with Gasteiger partial charge >= 0.3 is 0 Å². The van der Waals surface area contributed by atoms with Gasteiger partial charge in [0.05, 0.1) is 5.56 Å². The summed E-state index contributed by atoms with van der Waals surface area (Å²) < 4.78 is 65.3. The predicted octanol–water partition coefficient (Wildman–Crippen LogP) is 3.78. The molecule has 0 radical (unpaired) electrons. The number of rotatable bonds is 5. The van der Waals surface area contributed by atoms with Gasteiger partial charge in [0.2, 0.25) is 5.82 Å². The first kappa shape index (κ1) is 15.6. The molecule has 0 saturated carbocycles. The van der Waals surface area contributed by atoms with Gasteiger partial charge in [-0.15, -0.1) is 0 Å². The first-order valence-corrected chi connectivity index (χ1v) is 5.83. The normalized spacial score (nSPS) is 13.2. The van der Waals surface area contributed by atoms with Gasteiger partial charge in [-0.1, -0.05) is 19.1 Å². The average molecular weight is 279 g/mol. The second-order valence-electron chi connectivity index (χ2n) is 4.09. The second kappa shape index (κ2) is 6.65. The lowest BCUT2D eigenvalue weighted by atomic mass is 10.1. The van der Waals surface area contributed by atoms with E-state index in [1.165, 1.54) is 6.08 Å². The van der Waals surface area contributed by atoms with Crippen molar-refractivity contribution in [3.63, 3.8) is 0 Å². The minimum Gasteiger partial charge on any atom is -0.311 e. The molecule has 0 heterocycles. The molecular formula is C13H14F5N. The lowest BCUT2D eigenvalue weighted by molar-refractivity contribution is 0.377. The summed E-state index contributed by atoms with van der Waals surface area (Å²) in [5.41, 5.74) is -0.929. The zero-order valence-electron chi connectivity index (χ0n) is 10.5. The van der Waals surface area contributed by atoms with E-state index in [2.05, 4.69) is 5.32 Å². The van der Waals surface area contributed by atoms with Crippen molar-refractivity contribution in [2.24, 2.45) is 0 Å². The van der Waals surface area contributed by atoms with E-state index in [1.807, 2.05) is 6.92 Å². The van der Waals surface area contributed by atoms with Gasteiger partial charge in [-0.2, -0.15) is 0 Å². The Hall–Kier alpha value is -1.43. The molecule has 0 aliphatic rings. The van der Waals surface area contributed by atoms with Gasteiger partial charge in [-0.05, 0) is 19.9 Å². The highest BCUT2D eigenvalue weighted by Crippen LogP contribution is 2.24. The Labute approximate surface area is 108 Å². The summed E-state index contributed by atoms with van der Waals surface area (Å²) in [6.45, 7) is 4.33. The molecule has 1 N–H and O–H groups in total. The molecule has 0 aliphatic carbocycles. The third-order valence-electron chi connectivity index (χ3n) is 2.51. The van der Waals surface area contributed by atoms with Gasteiger partial charge < -0.3 is 5.32 Å². The van der Waals surface area contributed by atoms with Crippen LogP contribution in [-0.4, -0.2) is 12.6 Å². The molecule has 1 unspecified atom stereocenters. The summed E-state index contributed by atoms with van der Waals surface area (Å²) in [4.78, 5) is 0. The molecule has 0 amide bonds. The summed E-state index contributed by atoms with van der Waals surface area (Å²) in [5, 5.41) is 2.99. The number of hydrogen-bond donors (Lipinski definition) is 1. The molecular weight excluding hydrogens is 265 g/mol. The highest BCUT2D eigenvalue weighted by molar-refractivity contribution is 5.52. The minimum absolute atomic E-state index is 0.241. The first-order chi connectivity index (χ1) is 8.90. The molecule has 1 rings (SSSR count). The maximum Gasteiger partial charge on any atom is 0.200 e. The Balaban J connectivity index is 3.05. The molecule has 1 nitrogen and oxygen atoms in total. The number of nitrogens with one attached hydrogen (secondary N) is 1. The molecule has 0 bridgehead atoms. The molecule has 6 heteroatoms. The summed E-state index contributed by atoms with van der Waals surface area (Å²) in [6.07, 6.45) is 3.10. The van der Waals surface area contributed by atoms with Gasteiger partial charge in [0.25, 0.3) is 0 Å². The van der Waals surface area contributed by atoms with E-state index in [0.29, 0.717) is 6.54 Å². The number of hydrogen-bond acceptors (Lipinski definition) is 1. The number of benzene rings is 1. The van der Waals surface area contributed by atoms with Gasteiger partial charge in [-0.3, -0.25) is 0 Å². The van der Waals surface area contributed by atoms with E-state index < -0.39 is 34.6 Å². The van der Waals surface area contributed by atoms with Crippen LogP contribution in [-0.2, 0) is 0 Å². The van der Waals surface area contributed by atoms with Crippen molar-refractivity contribution in [1.82, 2.24) is 5.32 Å². The van der Waals surface area contributed by atoms with E-state index in [1.54, 1.807) is 6.92 Å². The standard InChI is InChI=1S/C13H14F5N/c1-3-6-19-7(2)4-5-8-9(14)11(16)13(18)12(17)10(8)15/h4-5,7,19H,3,6H2,1-2H3/b5-4+. The second-order valence-corrected chi connectivity index (χ2v) is 4.09. The van der Waals surface area contributed by atoms with E-state index >= 15 is 0 Å². The Morgan fingerprint density at radius 2 is 1.42 bits per heavy atom. The minimum atomic E-state index is -2.15. The molecule has 0 fully saturated rings. The summed E-state index contributed by atoms with van der Waals surface area (Å²) in [6, 6.07) is -0.241. The van der Waals surface area contributed by atoms with E-state index in [9.17, 15) is 22.0 Å². The van der Waals surface area contributed by atoms with Gasteiger partial charge in [0.1, 0.15) is 0 Å². The molecule has 0 spiro atoms. The van der Waals surface area contributed by atoms with Crippen LogP contribution in [0.1, 0.15) is 25.8 Å². The largest absolute Gasteiger partial charge is 0.311 e. The monoisotopic (exact) mass is 279 g/mol. The summed E-state index contributed by atoms with van der Waals surface area (Å²) in [5.74, 6) is -9.67. The smallest absolute Gasteiger partial charge is 0.200 e. The van der Waals surface area contributed by atoms with E-state index in [0.717, 1.165) is 12.5 Å². The van der Waals surface area contributed by atoms with E-state index in [4.69, 9.17) is 0 Å². The Morgan fingerprint density at radius 3 is 1.89 bits per heavy atom. The molecule has 106 valence electrons. The average Bonchev–Trinajstić information content (AvgIpc) is 2.40. The zero-order valence-corrected chi connectivity index (χ0v) is 10.5. The fourth-order valence-electron chi connectivity index (χ4n) is 1.45. The number of halogens is 5. The zero-order chi connectivity index (χ0) is 14.6. The van der Waals surface area contributed by atoms with Crippen LogP contribution in [0.15, 0.2) is 6.08 Å². The highest BCUT2D eigenvalue weighted by Gasteiger charge is 2.24. The van der Waals surface area contributed by atoms with Crippen LogP contribution < -0.4 is 5.32 Å². The van der Waals surface area contributed by atoms with Crippen molar-refractivity contribution in [2.45, 2.75) is 26.3 Å². The van der Waals surface area contributed by atoms with Gasteiger partial charge in [0.15, 0.2) is 23.3 Å². The maximum atomic E-state index is 13.3. The lowest BCUT2D eigenvalue weighted by Gasteiger charge is -2.08. The van der Waals surface area contributed by atoms with Crippen LogP contribution in [0.4, 0.5) is 22.0 Å². The van der Waals surface area contributed by atoms with Crippen molar-refractivity contribution >= 4 is 6.08 Å². The van der Waals surface area contributed by atoms with Crippen LogP contribution in [0.25, 0.3) is 6.08 Å². The Bertz CT molecular complexity index is 455. The molecule has 0 aromatic heterocycles. The van der Waals surface area contributed by atoms with Crippen LogP contribution in [0.3, 0.4) is 0 Å². The highest BCUT2D eigenvalue weighted by atomic mass is 19.2. The Kier molecular flexibility index (Phi) is 5.47. The predicted molar refractivity (Wildman–Crippen MR) is 63.0 cm³/mol. The molecule has 19 heavy (non-hydrogen) atoms. The molecule has 0 aliphatic heterocycles.